The van der Waals surface area contributed by atoms with Crippen LogP contribution in [0.4, 0.5) is 24.5 Å². The fraction of sp³-hybridized carbons (Fsp3) is 0.143. The van der Waals surface area contributed by atoms with Gasteiger partial charge >= 0.3 is 5.51 Å². The van der Waals surface area contributed by atoms with Crippen LogP contribution in [0.5, 0.6) is 0 Å². The Hall–Kier alpha value is -0.960. The number of sulfone groups is 1. The minimum absolute atomic E-state index is 0.00433. The van der Waals surface area contributed by atoms with Gasteiger partial charge in [0.1, 0.15) is 0 Å². The topological polar surface area (TPSA) is 86.2 Å². The molecule has 0 saturated carbocycles. The molecule has 9 heteroatoms. The van der Waals surface area contributed by atoms with Crippen LogP contribution in [-0.2, 0) is 9.84 Å². The summed E-state index contributed by atoms with van der Waals surface area (Å²) in [4.78, 5) is -0.946. The standard InChI is InChI=1S/C7H6BrF3N2O2S/c8-4-1-3(2-5(12)6(4)13)16(14,15)7(9,10)11/h1-2H,12-13H2. The zero-order valence-electron chi connectivity index (χ0n) is 7.55. The number of alkyl halides is 3. The van der Waals surface area contributed by atoms with Gasteiger partial charge in [-0.2, -0.15) is 13.2 Å². The molecule has 0 aromatic heterocycles. The third kappa shape index (κ3) is 2.09. The molecule has 0 aliphatic rings. The van der Waals surface area contributed by atoms with Crippen LogP contribution in [0.25, 0.3) is 0 Å². The van der Waals surface area contributed by atoms with Crippen molar-refractivity contribution in [2.75, 3.05) is 11.5 Å². The molecule has 0 saturated heterocycles. The van der Waals surface area contributed by atoms with Crippen LogP contribution >= 0.6 is 15.9 Å². The predicted octanol–water partition coefficient (Wildman–Crippen LogP) is 1.91. The van der Waals surface area contributed by atoms with Crippen molar-refractivity contribution < 1.29 is 21.6 Å². The molecule has 4 nitrogen and oxygen atoms in total. The van der Waals surface area contributed by atoms with E-state index in [0.29, 0.717) is 6.07 Å². The Labute approximate surface area is 97.5 Å². The predicted molar refractivity (Wildman–Crippen MR) is 56.2 cm³/mol. The normalized spacial score (nSPS) is 12.8. The van der Waals surface area contributed by atoms with E-state index in [1.165, 1.54) is 0 Å². The third-order valence-electron chi connectivity index (χ3n) is 1.75. The summed E-state index contributed by atoms with van der Waals surface area (Å²) in [6.45, 7) is 0. The van der Waals surface area contributed by atoms with Crippen molar-refractivity contribution in [2.24, 2.45) is 0 Å². The summed E-state index contributed by atoms with van der Waals surface area (Å²) in [6, 6.07) is 1.43. The molecule has 0 aliphatic heterocycles. The first-order chi connectivity index (χ1) is 7.07. The van der Waals surface area contributed by atoms with E-state index in [0.717, 1.165) is 6.07 Å². The van der Waals surface area contributed by atoms with Crippen LogP contribution in [-0.4, -0.2) is 13.9 Å². The summed E-state index contributed by atoms with van der Waals surface area (Å²) in [7, 11) is -5.40. The molecule has 90 valence electrons. The van der Waals surface area contributed by atoms with Gasteiger partial charge in [0, 0.05) is 4.47 Å². The number of hydrogen-bond donors (Lipinski definition) is 2. The van der Waals surface area contributed by atoms with E-state index in [4.69, 9.17) is 11.5 Å². The molecule has 1 rings (SSSR count). The molecular formula is C7H6BrF3N2O2S. The van der Waals surface area contributed by atoms with Crippen molar-refractivity contribution in [3.05, 3.63) is 16.6 Å². The van der Waals surface area contributed by atoms with Gasteiger partial charge in [-0.05, 0) is 28.1 Å². The van der Waals surface area contributed by atoms with Crippen molar-refractivity contribution in [3.63, 3.8) is 0 Å². The number of rotatable bonds is 1. The molecule has 1 aromatic rings. The van der Waals surface area contributed by atoms with Gasteiger partial charge < -0.3 is 11.5 Å². The average molecular weight is 319 g/mol. The molecule has 1 aromatic carbocycles. The second-order valence-electron chi connectivity index (χ2n) is 2.86. The molecule has 0 heterocycles. The van der Waals surface area contributed by atoms with Crippen molar-refractivity contribution in [1.29, 1.82) is 0 Å². The van der Waals surface area contributed by atoms with Crippen LogP contribution in [0, 0.1) is 0 Å². The Balaban J connectivity index is 3.49. The second-order valence-corrected chi connectivity index (χ2v) is 5.65. The van der Waals surface area contributed by atoms with Crippen LogP contribution in [0.3, 0.4) is 0 Å². The first kappa shape index (κ1) is 13.1. The van der Waals surface area contributed by atoms with E-state index in [-0.39, 0.29) is 15.8 Å². The highest BCUT2D eigenvalue weighted by Crippen LogP contribution is 2.35. The summed E-state index contributed by atoms with van der Waals surface area (Å²) in [5, 5.41) is 0. The Morgan fingerprint density at radius 2 is 1.69 bits per heavy atom. The molecule has 0 fully saturated rings. The van der Waals surface area contributed by atoms with E-state index in [2.05, 4.69) is 15.9 Å². The fourth-order valence-electron chi connectivity index (χ4n) is 0.902. The highest BCUT2D eigenvalue weighted by Gasteiger charge is 2.47. The van der Waals surface area contributed by atoms with Crippen LogP contribution in [0.1, 0.15) is 0 Å². The molecule has 0 amide bonds. The Morgan fingerprint density at radius 1 is 1.19 bits per heavy atom. The lowest BCUT2D eigenvalue weighted by molar-refractivity contribution is -0.0435. The average Bonchev–Trinajstić information content (AvgIpc) is 2.11. The Bertz CT molecular complexity index is 504. The molecule has 16 heavy (non-hydrogen) atoms. The molecule has 0 atom stereocenters. The van der Waals surface area contributed by atoms with E-state index < -0.39 is 20.2 Å². The second kappa shape index (κ2) is 3.81. The summed E-state index contributed by atoms with van der Waals surface area (Å²) < 4.78 is 58.7. The van der Waals surface area contributed by atoms with Gasteiger partial charge in [0.15, 0.2) is 0 Å². The van der Waals surface area contributed by atoms with Gasteiger partial charge in [0.25, 0.3) is 9.84 Å². The zero-order chi connectivity index (χ0) is 12.7. The van der Waals surface area contributed by atoms with Gasteiger partial charge in [0.2, 0.25) is 0 Å². The zero-order valence-corrected chi connectivity index (χ0v) is 9.95. The van der Waals surface area contributed by atoms with Crippen molar-refractivity contribution in [2.45, 2.75) is 10.4 Å². The van der Waals surface area contributed by atoms with Crippen molar-refractivity contribution in [3.8, 4) is 0 Å². The monoisotopic (exact) mass is 318 g/mol. The third-order valence-corrected chi connectivity index (χ3v) is 3.87. The lowest BCUT2D eigenvalue weighted by atomic mass is 10.3. The lowest BCUT2D eigenvalue weighted by Gasteiger charge is -2.10. The van der Waals surface area contributed by atoms with Gasteiger partial charge in [-0.1, -0.05) is 0 Å². The molecular weight excluding hydrogens is 313 g/mol. The first-order valence-corrected chi connectivity index (χ1v) is 6.01. The lowest BCUT2D eigenvalue weighted by Crippen LogP contribution is -2.23. The Kier molecular flexibility index (Phi) is 3.12. The van der Waals surface area contributed by atoms with Crippen LogP contribution < -0.4 is 11.5 Å². The summed E-state index contributed by atoms with van der Waals surface area (Å²) >= 11 is 2.82. The maximum atomic E-state index is 12.2. The first-order valence-electron chi connectivity index (χ1n) is 3.73. The fourth-order valence-corrected chi connectivity index (χ4v) is 2.35. The smallest absolute Gasteiger partial charge is 0.397 e. The highest BCUT2D eigenvalue weighted by molar-refractivity contribution is 9.10. The largest absolute Gasteiger partial charge is 0.501 e. The summed E-state index contributed by atoms with van der Waals surface area (Å²) in [5.41, 5.74) is 5.01. The minimum atomic E-state index is -5.40. The molecule has 0 aliphatic carbocycles. The summed E-state index contributed by atoms with van der Waals surface area (Å²) in [5.74, 6) is 0. The molecule has 0 radical (unpaired) electrons. The summed E-state index contributed by atoms with van der Waals surface area (Å²) in [6.07, 6.45) is 0. The van der Waals surface area contributed by atoms with Crippen LogP contribution in [0.2, 0.25) is 0 Å². The van der Waals surface area contributed by atoms with Gasteiger partial charge in [-0.15, -0.1) is 0 Å². The molecule has 4 N–H and O–H groups in total. The van der Waals surface area contributed by atoms with E-state index in [1.54, 1.807) is 0 Å². The molecule has 0 spiro atoms. The number of hydrogen-bond acceptors (Lipinski definition) is 4. The van der Waals surface area contributed by atoms with Crippen molar-refractivity contribution in [1.82, 2.24) is 0 Å². The number of nitrogen functional groups attached to an aromatic ring is 2. The number of anilines is 2. The quantitative estimate of drug-likeness (QED) is 0.774. The van der Waals surface area contributed by atoms with Crippen LogP contribution in [0.15, 0.2) is 21.5 Å². The molecule has 0 unspecified atom stereocenters. The highest BCUT2D eigenvalue weighted by atomic mass is 79.9. The molecule has 0 bridgehead atoms. The number of nitrogens with two attached hydrogens (primary N) is 2. The maximum Gasteiger partial charge on any atom is 0.501 e. The van der Waals surface area contributed by atoms with E-state index >= 15 is 0 Å². The number of halogens is 4. The maximum absolute atomic E-state index is 12.2. The van der Waals surface area contributed by atoms with Gasteiger partial charge in [0.05, 0.1) is 16.3 Å². The minimum Gasteiger partial charge on any atom is -0.397 e. The number of benzene rings is 1. The van der Waals surface area contributed by atoms with E-state index in [1.807, 2.05) is 0 Å². The van der Waals surface area contributed by atoms with E-state index in [9.17, 15) is 21.6 Å². The van der Waals surface area contributed by atoms with Crippen molar-refractivity contribution >= 4 is 37.1 Å². The SMILES string of the molecule is Nc1cc(S(=O)(=O)C(F)(F)F)cc(Br)c1N. The van der Waals surface area contributed by atoms with Gasteiger partial charge in [-0.25, -0.2) is 8.42 Å². The van der Waals surface area contributed by atoms with Gasteiger partial charge in [-0.3, -0.25) is 0 Å². The Morgan fingerprint density at radius 3 is 2.06 bits per heavy atom.